The molecule has 0 aliphatic heterocycles. The lowest BCUT2D eigenvalue weighted by Crippen LogP contribution is -2.45. The quantitative estimate of drug-likeness (QED) is 0.816. The Morgan fingerprint density at radius 3 is 2.50 bits per heavy atom. The van der Waals surface area contributed by atoms with Crippen molar-refractivity contribution in [1.82, 2.24) is 4.90 Å². The molecular formula is C14H18BrNO3S. The SMILES string of the molecule is CC(C)(C)N(CCC(=O)O)C(=O)/C=C/c1ccc(Br)s1. The second-order valence-corrected chi connectivity index (χ2v) is 7.77. The topological polar surface area (TPSA) is 57.6 Å². The number of carbonyl (C=O) groups is 2. The Hall–Kier alpha value is -1.14. The highest BCUT2D eigenvalue weighted by Crippen LogP contribution is 2.23. The van der Waals surface area contributed by atoms with Gasteiger partial charge in [0, 0.05) is 23.0 Å². The molecule has 0 unspecified atom stereocenters. The highest BCUT2D eigenvalue weighted by Gasteiger charge is 2.25. The molecule has 1 aromatic heterocycles. The van der Waals surface area contributed by atoms with Crippen LogP contribution in [-0.2, 0) is 9.59 Å². The van der Waals surface area contributed by atoms with Gasteiger partial charge in [0.25, 0.3) is 0 Å². The average molecular weight is 360 g/mol. The summed E-state index contributed by atoms with van der Waals surface area (Å²) in [5, 5.41) is 8.76. The average Bonchev–Trinajstić information content (AvgIpc) is 2.70. The van der Waals surface area contributed by atoms with Gasteiger partial charge in [-0.15, -0.1) is 11.3 Å². The number of carboxylic acid groups (broad SMARTS) is 1. The van der Waals surface area contributed by atoms with E-state index in [0.717, 1.165) is 8.66 Å². The summed E-state index contributed by atoms with van der Waals surface area (Å²) in [6, 6.07) is 3.83. The van der Waals surface area contributed by atoms with Crippen molar-refractivity contribution >= 4 is 45.2 Å². The third-order valence-electron chi connectivity index (χ3n) is 2.61. The first-order chi connectivity index (χ1) is 9.20. The van der Waals surface area contributed by atoms with Gasteiger partial charge in [-0.25, -0.2) is 0 Å². The molecule has 0 saturated carbocycles. The molecule has 20 heavy (non-hydrogen) atoms. The first-order valence-electron chi connectivity index (χ1n) is 6.17. The van der Waals surface area contributed by atoms with Crippen LogP contribution in [0.2, 0.25) is 0 Å². The number of aliphatic carboxylic acids is 1. The monoisotopic (exact) mass is 359 g/mol. The van der Waals surface area contributed by atoms with E-state index >= 15 is 0 Å². The molecule has 0 saturated heterocycles. The molecule has 1 heterocycles. The fourth-order valence-corrected chi connectivity index (χ4v) is 2.97. The summed E-state index contributed by atoms with van der Waals surface area (Å²) in [6.07, 6.45) is 3.18. The van der Waals surface area contributed by atoms with Crippen LogP contribution >= 0.6 is 27.3 Å². The molecule has 1 aromatic rings. The van der Waals surface area contributed by atoms with Gasteiger partial charge >= 0.3 is 5.97 Å². The Balaban J connectivity index is 2.77. The van der Waals surface area contributed by atoms with Gasteiger partial charge in [0.05, 0.1) is 10.2 Å². The number of carbonyl (C=O) groups excluding carboxylic acids is 1. The summed E-state index contributed by atoms with van der Waals surface area (Å²) in [5.74, 6) is -1.08. The smallest absolute Gasteiger partial charge is 0.305 e. The van der Waals surface area contributed by atoms with E-state index in [1.54, 1.807) is 11.0 Å². The van der Waals surface area contributed by atoms with Gasteiger partial charge < -0.3 is 10.0 Å². The lowest BCUT2D eigenvalue weighted by atomic mass is 10.1. The predicted octanol–water partition coefficient (Wildman–Crippen LogP) is 3.63. The highest BCUT2D eigenvalue weighted by atomic mass is 79.9. The number of rotatable bonds is 5. The minimum Gasteiger partial charge on any atom is -0.481 e. The van der Waals surface area contributed by atoms with Crippen LogP contribution in [0.25, 0.3) is 6.08 Å². The predicted molar refractivity (Wildman–Crippen MR) is 84.8 cm³/mol. The third kappa shape index (κ3) is 5.46. The van der Waals surface area contributed by atoms with Crippen molar-refractivity contribution in [3.63, 3.8) is 0 Å². The lowest BCUT2D eigenvalue weighted by Gasteiger charge is -2.34. The number of amides is 1. The maximum atomic E-state index is 12.2. The number of hydrogen-bond acceptors (Lipinski definition) is 3. The number of halogens is 1. The zero-order valence-corrected chi connectivity index (χ0v) is 14.1. The maximum Gasteiger partial charge on any atom is 0.305 e. The number of nitrogens with zero attached hydrogens (tertiary/aromatic N) is 1. The van der Waals surface area contributed by atoms with E-state index in [9.17, 15) is 9.59 Å². The fraction of sp³-hybridized carbons (Fsp3) is 0.429. The number of thiophene rings is 1. The minimum atomic E-state index is -0.904. The van der Waals surface area contributed by atoms with Gasteiger partial charge in [-0.05, 0) is 54.9 Å². The third-order valence-corrected chi connectivity index (χ3v) is 4.20. The van der Waals surface area contributed by atoms with Crippen LogP contribution in [0.5, 0.6) is 0 Å². The second kappa shape index (κ2) is 7.04. The Kier molecular flexibility index (Phi) is 5.95. The van der Waals surface area contributed by atoms with Crippen LogP contribution in [0.15, 0.2) is 22.0 Å². The molecule has 6 heteroatoms. The maximum absolute atomic E-state index is 12.2. The molecule has 0 aliphatic carbocycles. The molecule has 1 N–H and O–H groups in total. The van der Waals surface area contributed by atoms with Crippen LogP contribution in [0.3, 0.4) is 0 Å². The largest absolute Gasteiger partial charge is 0.481 e. The van der Waals surface area contributed by atoms with Crippen LogP contribution in [0, 0.1) is 0 Å². The van der Waals surface area contributed by atoms with Gasteiger partial charge in [0.15, 0.2) is 0 Å². The van der Waals surface area contributed by atoms with Gasteiger partial charge in [0.1, 0.15) is 0 Å². The highest BCUT2D eigenvalue weighted by molar-refractivity contribution is 9.11. The molecule has 0 aromatic carbocycles. The van der Waals surface area contributed by atoms with E-state index in [-0.39, 0.29) is 18.9 Å². The van der Waals surface area contributed by atoms with Crippen LogP contribution in [0.4, 0.5) is 0 Å². The van der Waals surface area contributed by atoms with Gasteiger partial charge in [-0.3, -0.25) is 9.59 Å². The standard InChI is InChI=1S/C14H18BrNO3S/c1-14(2,3)16(9-8-13(18)19)12(17)7-5-10-4-6-11(15)20-10/h4-7H,8-9H2,1-3H3,(H,18,19)/b7-5+. The minimum absolute atomic E-state index is 0.0542. The summed E-state index contributed by atoms with van der Waals surface area (Å²) in [4.78, 5) is 25.4. The van der Waals surface area contributed by atoms with Crippen molar-refractivity contribution in [1.29, 1.82) is 0 Å². The van der Waals surface area contributed by atoms with Crippen LogP contribution in [0.1, 0.15) is 32.1 Å². The van der Waals surface area contributed by atoms with E-state index in [0.29, 0.717) is 0 Å². The van der Waals surface area contributed by atoms with Gasteiger partial charge in [-0.2, -0.15) is 0 Å². The molecule has 0 atom stereocenters. The van der Waals surface area contributed by atoms with Crippen molar-refractivity contribution in [3.8, 4) is 0 Å². The van der Waals surface area contributed by atoms with E-state index in [4.69, 9.17) is 5.11 Å². The molecule has 110 valence electrons. The lowest BCUT2D eigenvalue weighted by molar-refractivity contribution is -0.139. The normalized spacial score (nSPS) is 11.8. The molecule has 0 fully saturated rings. The Bertz CT molecular complexity index is 517. The molecular weight excluding hydrogens is 342 g/mol. The summed E-state index contributed by atoms with van der Waals surface area (Å²) >= 11 is 4.90. The second-order valence-electron chi connectivity index (χ2n) is 5.28. The van der Waals surface area contributed by atoms with Crippen LogP contribution < -0.4 is 0 Å². The van der Waals surface area contributed by atoms with Crippen LogP contribution in [-0.4, -0.2) is 34.0 Å². The summed E-state index contributed by atoms with van der Waals surface area (Å²) in [7, 11) is 0. The van der Waals surface area contributed by atoms with Crippen molar-refractivity contribution < 1.29 is 14.7 Å². The molecule has 0 radical (unpaired) electrons. The Morgan fingerprint density at radius 2 is 2.05 bits per heavy atom. The van der Waals surface area contributed by atoms with Gasteiger partial charge in [0.2, 0.25) is 5.91 Å². The summed E-state index contributed by atoms with van der Waals surface area (Å²) in [5.41, 5.74) is -0.410. The Labute approximate surface area is 131 Å². The molecule has 1 amide bonds. The van der Waals surface area contributed by atoms with E-state index < -0.39 is 11.5 Å². The number of hydrogen-bond donors (Lipinski definition) is 1. The molecule has 0 bridgehead atoms. The Morgan fingerprint density at radius 1 is 1.40 bits per heavy atom. The van der Waals surface area contributed by atoms with Gasteiger partial charge in [-0.1, -0.05) is 0 Å². The van der Waals surface area contributed by atoms with E-state index in [2.05, 4.69) is 15.9 Å². The molecule has 0 spiro atoms. The first-order valence-corrected chi connectivity index (χ1v) is 7.78. The fourth-order valence-electron chi connectivity index (χ4n) is 1.64. The van der Waals surface area contributed by atoms with Crippen molar-refractivity contribution in [2.24, 2.45) is 0 Å². The van der Waals surface area contributed by atoms with Crippen molar-refractivity contribution in [2.75, 3.05) is 6.54 Å². The number of carboxylic acids is 1. The first kappa shape index (κ1) is 16.9. The zero-order chi connectivity index (χ0) is 15.3. The molecule has 0 aliphatic rings. The van der Waals surface area contributed by atoms with E-state index in [1.165, 1.54) is 17.4 Å². The molecule has 1 rings (SSSR count). The van der Waals surface area contributed by atoms with Crippen molar-refractivity contribution in [3.05, 3.63) is 26.9 Å². The van der Waals surface area contributed by atoms with E-state index in [1.807, 2.05) is 32.9 Å². The summed E-state index contributed by atoms with van der Waals surface area (Å²) in [6.45, 7) is 5.88. The molecule has 4 nitrogen and oxygen atoms in total. The van der Waals surface area contributed by atoms with Crippen molar-refractivity contribution in [2.45, 2.75) is 32.7 Å². The summed E-state index contributed by atoms with van der Waals surface area (Å²) < 4.78 is 1.00. The zero-order valence-electron chi connectivity index (χ0n) is 11.7.